The van der Waals surface area contributed by atoms with E-state index < -0.39 is 0 Å². The van der Waals surface area contributed by atoms with Crippen LogP contribution in [0.15, 0.2) is 41.1 Å². The molecule has 0 bridgehead atoms. The fourth-order valence-electron chi connectivity index (χ4n) is 3.03. The number of piperidine rings is 1. The SMILES string of the molecule is COc1nccc(OC2CCCN(C(=O)c3cc(-c4ccco4)[nH]n3)C2)n1. The Morgan fingerprint density at radius 1 is 1.41 bits per heavy atom. The minimum Gasteiger partial charge on any atom is -0.472 e. The van der Waals surface area contributed by atoms with Crippen molar-refractivity contribution in [1.82, 2.24) is 25.1 Å². The van der Waals surface area contributed by atoms with Crippen LogP contribution < -0.4 is 9.47 Å². The topological polar surface area (TPSA) is 106 Å². The highest BCUT2D eigenvalue weighted by atomic mass is 16.5. The van der Waals surface area contributed by atoms with Crippen LogP contribution in [0.4, 0.5) is 0 Å². The van der Waals surface area contributed by atoms with Gasteiger partial charge in [-0.2, -0.15) is 10.1 Å². The Labute approximate surface area is 155 Å². The third-order valence-corrected chi connectivity index (χ3v) is 4.33. The number of hydrogen-bond donors (Lipinski definition) is 1. The maximum absolute atomic E-state index is 12.8. The maximum atomic E-state index is 12.8. The van der Waals surface area contributed by atoms with E-state index in [9.17, 15) is 4.79 Å². The van der Waals surface area contributed by atoms with Gasteiger partial charge in [-0.1, -0.05) is 0 Å². The number of methoxy groups -OCH3 is 1. The van der Waals surface area contributed by atoms with Crippen LogP contribution in [0.25, 0.3) is 11.5 Å². The molecule has 3 aromatic rings. The van der Waals surface area contributed by atoms with Crippen molar-refractivity contribution in [2.45, 2.75) is 18.9 Å². The van der Waals surface area contributed by atoms with E-state index in [1.807, 2.05) is 6.07 Å². The molecule has 1 unspecified atom stereocenters. The van der Waals surface area contributed by atoms with Crippen LogP contribution >= 0.6 is 0 Å². The number of ether oxygens (including phenoxy) is 2. The summed E-state index contributed by atoms with van der Waals surface area (Å²) in [5.74, 6) is 0.928. The Kier molecular flexibility index (Phi) is 4.73. The van der Waals surface area contributed by atoms with Gasteiger partial charge in [-0.25, -0.2) is 4.98 Å². The third-order valence-electron chi connectivity index (χ3n) is 4.33. The number of aromatic amines is 1. The van der Waals surface area contributed by atoms with Crippen LogP contribution in [-0.4, -0.2) is 57.3 Å². The molecule has 0 radical (unpaired) electrons. The molecule has 1 saturated heterocycles. The summed E-state index contributed by atoms with van der Waals surface area (Å²) in [6.07, 6.45) is 4.69. The van der Waals surface area contributed by atoms with E-state index >= 15 is 0 Å². The van der Waals surface area contributed by atoms with Crippen LogP contribution in [0.1, 0.15) is 23.3 Å². The first kappa shape index (κ1) is 17.1. The summed E-state index contributed by atoms with van der Waals surface area (Å²) < 4.78 is 16.2. The lowest BCUT2D eigenvalue weighted by atomic mass is 10.1. The first-order valence-corrected chi connectivity index (χ1v) is 8.65. The van der Waals surface area contributed by atoms with Gasteiger partial charge < -0.3 is 18.8 Å². The molecule has 1 N–H and O–H groups in total. The molecular weight excluding hydrogens is 350 g/mol. The molecule has 9 nitrogen and oxygen atoms in total. The average Bonchev–Trinajstić information content (AvgIpc) is 3.39. The number of carbonyl (C=O) groups is 1. The first-order valence-electron chi connectivity index (χ1n) is 8.65. The van der Waals surface area contributed by atoms with Gasteiger partial charge in [0.1, 0.15) is 11.8 Å². The maximum Gasteiger partial charge on any atom is 0.319 e. The molecule has 0 saturated carbocycles. The summed E-state index contributed by atoms with van der Waals surface area (Å²) in [4.78, 5) is 22.7. The second kappa shape index (κ2) is 7.48. The monoisotopic (exact) mass is 369 g/mol. The Hall–Kier alpha value is -3.36. The average molecular weight is 369 g/mol. The highest BCUT2D eigenvalue weighted by Crippen LogP contribution is 2.21. The van der Waals surface area contributed by atoms with Gasteiger partial charge in [-0.05, 0) is 25.0 Å². The Morgan fingerprint density at radius 2 is 2.33 bits per heavy atom. The predicted molar refractivity (Wildman–Crippen MR) is 94.4 cm³/mol. The molecule has 1 amide bonds. The number of amides is 1. The van der Waals surface area contributed by atoms with Gasteiger partial charge >= 0.3 is 6.01 Å². The fourth-order valence-corrected chi connectivity index (χ4v) is 3.03. The number of nitrogens with zero attached hydrogens (tertiary/aromatic N) is 4. The Bertz CT molecular complexity index is 908. The summed E-state index contributed by atoms with van der Waals surface area (Å²) in [6.45, 7) is 1.13. The first-order chi connectivity index (χ1) is 13.2. The van der Waals surface area contributed by atoms with E-state index in [4.69, 9.17) is 13.9 Å². The molecule has 1 atom stereocenters. The molecule has 1 aliphatic heterocycles. The number of rotatable bonds is 5. The second-order valence-corrected chi connectivity index (χ2v) is 6.16. The smallest absolute Gasteiger partial charge is 0.319 e. The predicted octanol–water partition coefficient (Wildman–Crippen LogP) is 2.15. The van der Waals surface area contributed by atoms with Gasteiger partial charge in [0.15, 0.2) is 11.5 Å². The van der Waals surface area contributed by atoms with E-state index in [1.165, 1.54) is 7.11 Å². The van der Waals surface area contributed by atoms with Crippen LogP contribution in [0.2, 0.25) is 0 Å². The van der Waals surface area contributed by atoms with Gasteiger partial charge in [-0.3, -0.25) is 9.89 Å². The summed E-state index contributed by atoms with van der Waals surface area (Å²) in [7, 11) is 1.50. The lowest BCUT2D eigenvalue weighted by Crippen LogP contribution is -2.44. The van der Waals surface area contributed by atoms with Crippen LogP contribution in [0, 0.1) is 0 Å². The summed E-state index contributed by atoms with van der Waals surface area (Å²) in [6, 6.07) is 7.21. The van der Waals surface area contributed by atoms with Crippen molar-refractivity contribution in [3.63, 3.8) is 0 Å². The van der Waals surface area contributed by atoms with Crippen molar-refractivity contribution in [2.75, 3.05) is 20.2 Å². The molecular formula is C18H19N5O4. The van der Waals surface area contributed by atoms with E-state index in [0.717, 1.165) is 12.8 Å². The normalized spacial score (nSPS) is 16.9. The molecule has 27 heavy (non-hydrogen) atoms. The zero-order valence-electron chi connectivity index (χ0n) is 14.8. The number of nitrogens with one attached hydrogen (secondary N) is 1. The van der Waals surface area contributed by atoms with E-state index in [0.29, 0.717) is 36.1 Å². The standard InChI is InChI=1S/C18H19N5O4/c1-25-18-19-7-6-16(20-18)27-12-4-2-8-23(11-12)17(24)14-10-13(21-22-14)15-5-3-9-26-15/h3,5-7,9-10,12H,2,4,8,11H2,1H3,(H,21,22). The van der Waals surface area contributed by atoms with E-state index in [2.05, 4.69) is 20.2 Å². The number of likely N-dealkylation sites (tertiary alicyclic amines) is 1. The Balaban J connectivity index is 1.42. The minimum absolute atomic E-state index is 0.141. The van der Waals surface area contributed by atoms with Gasteiger partial charge in [0.25, 0.3) is 5.91 Å². The third kappa shape index (κ3) is 3.76. The summed E-state index contributed by atoms with van der Waals surface area (Å²) in [5.41, 5.74) is 1.02. The number of hydrogen-bond acceptors (Lipinski definition) is 7. The van der Waals surface area contributed by atoms with Crippen LogP contribution in [0.5, 0.6) is 11.9 Å². The highest BCUT2D eigenvalue weighted by Gasteiger charge is 2.27. The lowest BCUT2D eigenvalue weighted by Gasteiger charge is -2.32. The molecule has 1 aliphatic rings. The van der Waals surface area contributed by atoms with Gasteiger partial charge in [0.2, 0.25) is 5.88 Å². The molecule has 4 heterocycles. The van der Waals surface area contributed by atoms with Crippen molar-refractivity contribution < 1.29 is 18.7 Å². The fraction of sp³-hybridized carbons (Fsp3) is 0.333. The number of furan rings is 1. The van der Waals surface area contributed by atoms with Crippen molar-refractivity contribution in [2.24, 2.45) is 0 Å². The molecule has 4 rings (SSSR count). The summed E-state index contributed by atoms with van der Waals surface area (Å²) >= 11 is 0. The summed E-state index contributed by atoms with van der Waals surface area (Å²) in [5, 5.41) is 6.96. The second-order valence-electron chi connectivity index (χ2n) is 6.16. The van der Waals surface area contributed by atoms with Crippen molar-refractivity contribution in [1.29, 1.82) is 0 Å². The number of H-pyrrole nitrogens is 1. The van der Waals surface area contributed by atoms with E-state index in [1.54, 1.807) is 35.6 Å². The number of carbonyl (C=O) groups excluding carboxylic acids is 1. The van der Waals surface area contributed by atoms with Gasteiger partial charge in [-0.15, -0.1) is 0 Å². The van der Waals surface area contributed by atoms with Crippen LogP contribution in [-0.2, 0) is 0 Å². The molecule has 0 aliphatic carbocycles. The molecule has 0 aromatic carbocycles. The quantitative estimate of drug-likeness (QED) is 0.734. The minimum atomic E-state index is -0.147. The van der Waals surface area contributed by atoms with Gasteiger partial charge in [0.05, 0.1) is 19.9 Å². The van der Waals surface area contributed by atoms with Crippen molar-refractivity contribution in [3.8, 4) is 23.3 Å². The zero-order valence-corrected chi connectivity index (χ0v) is 14.8. The molecule has 9 heteroatoms. The molecule has 0 spiro atoms. The molecule has 140 valence electrons. The zero-order chi connectivity index (χ0) is 18.6. The van der Waals surface area contributed by atoms with E-state index in [-0.39, 0.29) is 18.0 Å². The largest absolute Gasteiger partial charge is 0.472 e. The molecule has 1 fully saturated rings. The Morgan fingerprint density at radius 3 is 3.15 bits per heavy atom. The lowest BCUT2D eigenvalue weighted by molar-refractivity contribution is 0.0520. The van der Waals surface area contributed by atoms with Crippen molar-refractivity contribution in [3.05, 3.63) is 42.4 Å². The van der Waals surface area contributed by atoms with Crippen LogP contribution in [0.3, 0.4) is 0 Å². The highest BCUT2D eigenvalue weighted by molar-refractivity contribution is 5.93. The van der Waals surface area contributed by atoms with Gasteiger partial charge in [0, 0.05) is 24.9 Å². The molecule has 3 aromatic heterocycles. The number of aromatic nitrogens is 4. The van der Waals surface area contributed by atoms with Crippen molar-refractivity contribution >= 4 is 5.91 Å².